The second-order valence-corrected chi connectivity index (χ2v) is 7.30. The number of rotatable bonds is 4. The minimum atomic E-state index is -3.62. The van der Waals surface area contributed by atoms with E-state index in [1.165, 1.54) is 28.6 Å². The molecule has 1 aromatic carbocycles. The van der Waals surface area contributed by atoms with Crippen LogP contribution in [0.15, 0.2) is 29.2 Å². The van der Waals surface area contributed by atoms with E-state index in [2.05, 4.69) is 18.7 Å². The van der Waals surface area contributed by atoms with Gasteiger partial charge in [0.15, 0.2) is 0 Å². The lowest BCUT2D eigenvalue weighted by atomic mass is 10.2. The fraction of sp³-hybridized carbons (Fsp3) is 0.500. The summed E-state index contributed by atoms with van der Waals surface area (Å²) in [5.41, 5.74) is -0.0168. The van der Waals surface area contributed by atoms with Gasteiger partial charge in [-0.05, 0) is 32.0 Å². The van der Waals surface area contributed by atoms with Crippen LogP contribution in [0.2, 0.25) is 0 Å². The lowest BCUT2D eigenvalue weighted by Crippen LogP contribution is -2.50. The number of carboxylic acid groups (broad SMARTS) is 1. The number of carboxylic acids is 1. The van der Waals surface area contributed by atoms with Crippen molar-refractivity contribution in [1.29, 1.82) is 0 Å². The normalized spacial score (nSPS) is 18.0. The molecule has 1 fully saturated rings. The summed E-state index contributed by atoms with van der Waals surface area (Å²) in [6, 6.07) is 5.90. The Labute approximate surface area is 125 Å². The highest BCUT2D eigenvalue weighted by atomic mass is 32.2. The molecule has 0 amide bonds. The number of piperazine rings is 1. The van der Waals surface area contributed by atoms with Crippen molar-refractivity contribution in [2.75, 3.05) is 26.2 Å². The maximum atomic E-state index is 12.6. The van der Waals surface area contributed by atoms with Crippen LogP contribution < -0.4 is 0 Å². The van der Waals surface area contributed by atoms with E-state index >= 15 is 0 Å². The highest BCUT2D eigenvalue weighted by molar-refractivity contribution is 7.89. The summed E-state index contributed by atoms with van der Waals surface area (Å²) in [6.07, 6.45) is 0. The fourth-order valence-corrected chi connectivity index (χ4v) is 3.87. The largest absolute Gasteiger partial charge is 0.478 e. The van der Waals surface area contributed by atoms with Gasteiger partial charge in [0, 0.05) is 32.2 Å². The Morgan fingerprint density at radius 1 is 1.19 bits per heavy atom. The van der Waals surface area contributed by atoms with E-state index in [0.29, 0.717) is 32.2 Å². The van der Waals surface area contributed by atoms with Crippen LogP contribution in [-0.4, -0.2) is 60.9 Å². The fourth-order valence-electron chi connectivity index (χ4n) is 2.40. The molecule has 1 N–H and O–H groups in total. The molecule has 6 nitrogen and oxygen atoms in total. The van der Waals surface area contributed by atoms with Crippen molar-refractivity contribution in [3.63, 3.8) is 0 Å². The van der Waals surface area contributed by atoms with E-state index < -0.39 is 16.0 Å². The molecule has 21 heavy (non-hydrogen) atoms. The van der Waals surface area contributed by atoms with Crippen molar-refractivity contribution >= 4 is 16.0 Å². The average molecular weight is 312 g/mol. The Balaban J connectivity index is 2.19. The van der Waals surface area contributed by atoms with Crippen LogP contribution in [-0.2, 0) is 10.0 Å². The first kappa shape index (κ1) is 15.9. The number of sulfonamides is 1. The quantitative estimate of drug-likeness (QED) is 0.901. The topological polar surface area (TPSA) is 77.9 Å². The first-order valence-electron chi connectivity index (χ1n) is 6.90. The standard InChI is InChI=1S/C14H20N2O4S/c1-11(2)15-6-8-16(9-7-15)21(19,20)13-5-3-4-12(10-13)14(17)18/h3-5,10-11H,6-9H2,1-2H3,(H,17,18). The third kappa shape index (κ3) is 3.42. The van der Waals surface area contributed by atoms with Crippen LogP contribution in [0.5, 0.6) is 0 Å². The van der Waals surface area contributed by atoms with Gasteiger partial charge in [-0.1, -0.05) is 6.07 Å². The highest BCUT2D eigenvalue weighted by Gasteiger charge is 2.29. The SMILES string of the molecule is CC(C)N1CCN(S(=O)(=O)c2cccc(C(=O)O)c2)CC1. The zero-order chi connectivity index (χ0) is 15.6. The van der Waals surface area contributed by atoms with Crippen molar-refractivity contribution in [1.82, 2.24) is 9.21 Å². The number of hydrogen-bond acceptors (Lipinski definition) is 4. The van der Waals surface area contributed by atoms with Crippen LogP contribution in [0.1, 0.15) is 24.2 Å². The summed E-state index contributed by atoms with van der Waals surface area (Å²) in [5.74, 6) is -1.13. The van der Waals surface area contributed by atoms with E-state index in [-0.39, 0.29) is 10.5 Å². The summed E-state index contributed by atoms with van der Waals surface area (Å²) in [5, 5.41) is 8.97. The monoisotopic (exact) mass is 312 g/mol. The maximum Gasteiger partial charge on any atom is 0.335 e. The molecule has 0 spiro atoms. The molecule has 1 aromatic rings. The Morgan fingerprint density at radius 3 is 2.33 bits per heavy atom. The molecule has 1 aliphatic rings. The number of hydrogen-bond donors (Lipinski definition) is 1. The average Bonchev–Trinajstić information content (AvgIpc) is 2.47. The third-order valence-electron chi connectivity index (χ3n) is 3.72. The molecule has 7 heteroatoms. The Hall–Kier alpha value is -1.44. The van der Waals surface area contributed by atoms with E-state index in [0.717, 1.165) is 0 Å². The van der Waals surface area contributed by atoms with Crippen LogP contribution in [0.3, 0.4) is 0 Å². The van der Waals surface area contributed by atoms with Gasteiger partial charge >= 0.3 is 5.97 Å². The van der Waals surface area contributed by atoms with Gasteiger partial charge in [0.2, 0.25) is 10.0 Å². The van der Waals surface area contributed by atoms with E-state index in [4.69, 9.17) is 5.11 Å². The molecule has 2 rings (SSSR count). The molecule has 0 saturated carbocycles. The molecule has 0 unspecified atom stereocenters. The van der Waals surface area contributed by atoms with Gasteiger partial charge in [-0.15, -0.1) is 0 Å². The van der Waals surface area contributed by atoms with Gasteiger partial charge in [-0.2, -0.15) is 4.31 Å². The number of nitrogens with zero attached hydrogens (tertiary/aromatic N) is 2. The minimum absolute atomic E-state index is 0.0168. The maximum absolute atomic E-state index is 12.6. The molecule has 0 bridgehead atoms. The Morgan fingerprint density at radius 2 is 1.81 bits per heavy atom. The van der Waals surface area contributed by atoms with Crippen molar-refractivity contribution < 1.29 is 18.3 Å². The van der Waals surface area contributed by atoms with Gasteiger partial charge in [0.1, 0.15) is 0 Å². The molecule has 1 aliphatic heterocycles. The second-order valence-electron chi connectivity index (χ2n) is 5.37. The first-order chi connectivity index (χ1) is 9.82. The summed E-state index contributed by atoms with van der Waals surface area (Å²) < 4.78 is 26.5. The van der Waals surface area contributed by atoms with E-state index in [9.17, 15) is 13.2 Å². The molecule has 0 aromatic heterocycles. The number of carbonyl (C=O) groups is 1. The predicted molar refractivity (Wildman–Crippen MR) is 78.9 cm³/mol. The Kier molecular flexibility index (Phi) is 4.65. The minimum Gasteiger partial charge on any atom is -0.478 e. The lowest BCUT2D eigenvalue weighted by Gasteiger charge is -2.36. The third-order valence-corrected chi connectivity index (χ3v) is 5.62. The molecular formula is C14H20N2O4S. The first-order valence-corrected chi connectivity index (χ1v) is 8.34. The van der Waals surface area contributed by atoms with Crippen LogP contribution in [0.4, 0.5) is 0 Å². The zero-order valence-electron chi connectivity index (χ0n) is 12.2. The molecular weight excluding hydrogens is 292 g/mol. The Bertz CT molecular complexity index is 620. The highest BCUT2D eigenvalue weighted by Crippen LogP contribution is 2.19. The summed E-state index contributed by atoms with van der Waals surface area (Å²) in [6.45, 7) is 6.40. The van der Waals surface area contributed by atoms with Gasteiger partial charge in [-0.3, -0.25) is 4.90 Å². The van der Waals surface area contributed by atoms with Gasteiger partial charge in [0.25, 0.3) is 0 Å². The van der Waals surface area contributed by atoms with Crippen molar-refractivity contribution in [2.45, 2.75) is 24.8 Å². The molecule has 116 valence electrons. The van der Waals surface area contributed by atoms with Crippen LogP contribution in [0, 0.1) is 0 Å². The summed E-state index contributed by atoms with van der Waals surface area (Å²) in [7, 11) is -3.62. The summed E-state index contributed by atoms with van der Waals surface area (Å²) in [4.78, 5) is 13.2. The lowest BCUT2D eigenvalue weighted by molar-refractivity contribution is 0.0696. The molecule has 1 heterocycles. The number of aromatic carboxylic acids is 1. The van der Waals surface area contributed by atoms with Crippen molar-refractivity contribution in [3.05, 3.63) is 29.8 Å². The van der Waals surface area contributed by atoms with Crippen molar-refractivity contribution in [3.8, 4) is 0 Å². The molecule has 0 aliphatic carbocycles. The van der Waals surface area contributed by atoms with Crippen molar-refractivity contribution in [2.24, 2.45) is 0 Å². The van der Waals surface area contributed by atoms with E-state index in [1.54, 1.807) is 0 Å². The van der Waals surface area contributed by atoms with E-state index in [1.807, 2.05) is 0 Å². The smallest absolute Gasteiger partial charge is 0.335 e. The second kappa shape index (κ2) is 6.13. The van der Waals surface area contributed by atoms with Gasteiger partial charge in [0.05, 0.1) is 10.5 Å². The van der Waals surface area contributed by atoms with Crippen LogP contribution in [0.25, 0.3) is 0 Å². The predicted octanol–water partition coefficient (Wildman–Crippen LogP) is 1.10. The number of benzene rings is 1. The zero-order valence-corrected chi connectivity index (χ0v) is 13.0. The van der Waals surface area contributed by atoms with Gasteiger partial charge in [-0.25, -0.2) is 13.2 Å². The summed E-state index contributed by atoms with van der Waals surface area (Å²) >= 11 is 0. The molecule has 0 radical (unpaired) electrons. The molecule has 1 saturated heterocycles. The van der Waals surface area contributed by atoms with Gasteiger partial charge < -0.3 is 5.11 Å². The molecule has 0 atom stereocenters. The van der Waals surface area contributed by atoms with Crippen LogP contribution >= 0.6 is 0 Å².